The zero-order valence-corrected chi connectivity index (χ0v) is 12.7. The van der Waals surface area contributed by atoms with E-state index in [1.54, 1.807) is 0 Å². The average molecular weight is 343 g/mol. The van der Waals surface area contributed by atoms with E-state index in [1.807, 2.05) is 0 Å². The quantitative estimate of drug-likeness (QED) is 0.794. The summed E-state index contributed by atoms with van der Waals surface area (Å²) in [5, 5.41) is -0.313. The molecule has 1 aliphatic heterocycles. The Morgan fingerprint density at radius 2 is 2.10 bits per heavy atom. The molecule has 9 heteroatoms. The summed E-state index contributed by atoms with van der Waals surface area (Å²) < 4.78 is 25.4. The van der Waals surface area contributed by atoms with E-state index in [0.29, 0.717) is 13.5 Å². The first-order chi connectivity index (χ1) is 9.91. The molecule has 108 valence electrons. The van der Waals surface area contributed by atoms with E-state index < -0.39 is 28.3 Å². The van der Waals surface area contributed by atoms with Gasteiger partial charge in [0, 0.05) is 6.20 Å². The molecule has 21 heavy (non-hydrogen) atoms. The third kappa shape index (κ3) is 2.25. The van der Waals surface area contributed by atoms with Crippen molar-refractivity contribution in [3.63, 3.8) is 0 Å². The maximum atomic E-state index is 12.2. The largest absolute Gasteiger partial charge is 0.291 e. The van der Waals surface area contributed by atoms with E-state index in [2.05, 4.69) is 4.98 Å². The van der Waals surface area contributed by atoms with E-state index in [1.165, 1.54) is 30.5 Å². The lowest BCUT2D eigenvalue weighted by Gasteiger charge is -2.12. The number of fused-ring (bicyclic) bond motifs is 1. The summed E-state index contributed by atoms with van der Waals surface area (Å²) >= 11 is 6.77. The molecule has 1 aliphatic rings. The summed E-state index contributed by atoms with van der Waals surface area (Å²) in [6.07, 6.45) is 1.29. The maximum Gasteiger partial charge on any atom is 0.285 e. The van der Waals surface area contributed by atoms with Crippen molar-refractivity contribution in [3.8, 4) is 0 Å². The number of thiophene rings is 1. The smallest absolute Gasteiger partial charge is 0.285 e. The number of Topliss-reactive ketones (excluding diaryl/α,β-unsaturated/α-hetero) is 1. The van der Waals surface area contributed by atoms with Crippen LogP contribution < -0.4 is 0 Å². The van der Waals surface area contributed by atoms with Gasteiger partial charge < -0.3 is 0 Å². The van der Waals surface area contributed by atoms with Crippen LogP contribution in [0.15, 0.2) is 35.5 Å². The molecule has 0 saturated carbocycles. The van der Waals surface area contributed by atoms with E-state index in [4.69, 9.17) is 11.6 Å². The number of pyridine rings is 1. The highest BCUT2D eigenvalue weighted by molar-refractivity contribution is 7.90. The number of nitrogens with zero attached hydrogens (tertiary/aromatic N) is 2. The minimum Gasteiger partial charge on any atom is -0.291 e. The van der Waals surface area contributed by atoms with Crippen molar-refractivity contribution in [1.29, 1.82) is 0 Å². The first kappa shape index (κ1) is 14.2. The molecule has 6 nitrogen and oxygen atoms in total. The van der Waals surface area contributed by atoms with Gasteiger partial charge in [-0.05, 0) is 24.3 Å². The van der Waals surface area contributed by atoms with Crippen LogP contribution >= 0.6 is 22.9 Å². The number of carbonyl (C=O) groups is 2. The van der Waals surface area contributed by atoms with E-state index >= 15 is 0 Å². The van der Waals surface area contributed by atoms with Crippen LogP contribution in [0.1, 0.15) is 20.0 Å². The Hall–Kier alpha value is -1.77. The highest BCUT2D eigenvalue weighted by Gasteiger charge is 2.43. The van der Waals surface area contributed by atoms with Gasteiger partial charge >= 0.3 is 0 Å². The summed E-state index contributed by atoms with van der Waals surface area (Å²) in [5.74, 6) is -1.23. The third-order valence-electron chi connectivity index (χ3n) is 2.90. The number of halogens is 1. The van der Waals surface area contributed by atoms with Gasteiger partial charge in [-0.15, -0.1) is 11.3 Å². The fourth-order valence-electron chi connectivity index (χ4n) is 1.94. The van der Waals surface area contributed by atoms with Crippen LogP contribution in [-0.2, 0) is 10.0 Å². The normalized spacial score (nSPS) is 16.0. The van der Waals surface area contributed by atoms with Crippen molar-refractivity contribution in [2.45, 2.75) is 5.03 Å². The van der Waals surface area contributed by atoms with Crippen molar-refractivity contribution in [2.75, 3.05) is 6.54 Å². The first-order valence-corrected chi connectivity index (χ1v) is 8.35. The number of amides is 1. The molecule has 2 aromatic heterocycles. The van der Waals surface area contributed by atoms with E-state index in [9.17, 15) is 18.0 Å². The van der Waals surface area contributed by atoms with Crippen LogP contribution in [0.2, 0.25) is 4.34 Å². The van der Waals surface area contributed by atoms with Crippen LogP contribution in [0, 0.1) is 0 Å². The molecule has 0 saturated heterocycles. The van der Waals surface area contributed by atoms with Gasteiger partial charge in [0.25, 0.3) is 15.9 Å². The number of hydrogen-bond acceptors (Lipinski definition) is 6. The summed E-state index contributed by atoms with van der Waals surface area (Å²) in [4.78, 5) is 28.2. The van der Waals surface area contributed by atoms with Gasteiger partial charge in [0.05, 0.1) is 14.8 Å². The van der Waals surface area contributed by atoms with E-state index in [-0.39, 0.29) is 10.6 Å². The van der Waals surface area contributed by atoms with Gasteiger partial charge in [0.1, 0.15) is 6.54 Å². The highest BCUT2D eigenvalue weighted by Crippen LogP contribution is 2.29. The molecule has 0 spiro atoms. The predicted molar refractivity (Wildman–Crippen MR) is 76.1 cm³/mol. The van der Waals surface area contributed by atoms with Gasteiger partial charge in [0.2, 0.25) is 0 Å². The minimum absolute atomic E-state index is 0.0190. The van der Waals surface area contributed by atoms with Gasteiger partial charge in [0.15, 0.2) is 10.8 Å². The standard InChI is InChI=1S/C12H7ClN2O4S2/c13-10-4-3-9(20-10)8(16)6-15-12(17)7-2-1-5-14-11(7)21(15,18)19/h1-5H,6H2. The summed E-state index contributed by atoms with van der Waals surface area (Å²) in [5.41, 5.74) is -0.0190. The topological polar surface area (TPSA) is 84.4 Å². The monoisotopic (exact) mass is 342 g/mol. The van der Waals surface area contributed by atoms with Gasteiger partial charge in [-0.25, -0.2) is 9.29 Å². The first-order valence-electron chi connectivity index (χ1n) is 5.72. The molecule has 3 rings (SSSR count). The lowest BCUT2D eigenvalue weighted by Crippen LogP contribution is -2.34. The van der Waals surface area contributed by atoms with Crippen molar-refractivity contribution in [2.24, 2.45) is 0 Å². The Kier molecular flexibility index (Phi) is 3.31. The van der Waals surface area contributed by atoms with Crippen LogP contribution in [0.3, 0.4) is 0 Å². The summed E-state index contributed by atoms with van der Waals surface area (Å²) in [6, 6.07) is 5.87. The highest BCUT2D eigenvalue weighted by atomic mass is 35.5. The number of sulfonamides is 1. The van der Waals surface area contributed by atoms with Crippen molar-refractivity contribution >= 4 is 44.7 Å². The SMILES string of the molecule is O=C(CN1C(=O)c2cccnc2S1(=O)=O)c1ccc(Cl)s1. The number of aromatic nitrogens is 1. The molecule has 0 radical (unpaired) electrons. The molecule has 1 amide bonds. The molecule has 0 aromatic carbocycles. The molecular formula is C12H7ClN2O4S2. The Bertz CT molecular complexity index is 860. The summed E-state index contributed by atoms with van der Waals surface area (Å²) in [6.45, 7) is -0.561. The lowest BCUT2D eigenvalue weighted by molar-refractivity contribution is 0.0821. The molecule has 0 N–H and O–H groups in total. The van der Waals surface area contributed by atoms with Crippen molar-refractivity contribution in [1.82, 2.24) is 9.29 Å². The van der Waals surface area contributed by atoms with Crippen LogP contribution in [-0.4, -0.2) is 35.9 Å². The average Bonchev–Trinajstić information content (AvgIpc) is 2.96. The Labute approximate surface area is 129 Å². The zero-order chi connectivity index (χ0) is 15.2. The van der Waals surface area contributed by atoms with Crippen LogP contribution in [0.5, 0.6) is 0 Å². The Balaban J connectivity index is 1.94. The van der Waals surface area contributed by atoms with Crippen LogP contribution in [0.25, 0.3) is 0 Å². The Morgan fingerprint density at radius 1 is 1.33 bits per heavy atom. The van der Waals surface area contributed by atoms with Gasteiger partial charge in [-0.3, -0.25) is 9.59 Å². The zero-order valence-electron chi connectivity index (χ0n) is 10.3. The third-order valence-corrected chi connectivity index (χ3v) is 5.86. The lowest BCUT2D eigenvalue weighted by atomic mass is 10.2. The fraction of sp³-hybridized carbons (Fsp3) is 0.0833. The number of rotatable bonds is 3. The van der Waals surface area contributed by atoms with Crippen molar-refractivity contribution < 1.29 is 18.0 Å². The molecule has 3 heterocycles. The molecule has 0 bridgehead atoms. The molecule has 0 fully saturated rings. The van der Waals surface area contributed by atoms with Crippen LogP contribution in [0.4, 0.5) is 0 Å². The minimum atomic E-state index is -4.07. The second-order valence-electron chi connectivity index (χ2n) is 4.20. The summed E-state index contributed by atoms with van der Waals surface area (Å²) in [7, 11) is -4.07. The molecule has 2 aromatic rings. The van der Waals surface area contributed by atoms with Gasteiger partial charge in [-0.1, -0.05) is 11.6 Å². The number of hydrogen-bond donors (Lipinski definition) is 0. The molecule has 0 aliphatic carbocycles. The van der Waals surface area contributed by atoms with Gasteiger partial charge in [-0.2, -0.15) is 8.42 Å². The molecule has 0 atom stereocenters. The second kappa shape index (κ2) is 4.90. The number of ketones is 1. The molecular weight excluding hydrogens is 336 g/mol. The maximum absolute atomic E-state index is 12.2. The van der Waals surface area contributed by atoms with E-state index in [0.717, 1.165) is 11.3 Å². The second-order valence-corrected chi connectivity index (χ2v) is 7.69. The number of carbonyl (C=O) groups excluding carboxylic acids is 2. The van der Waals surface area contributed by atoms with Crippen molar-refractivity contribution in [3.05, 3.63) is 45.2 Å². The predicted octanol–water partition coefficient (Wildman–Crippen LogP) is 1.82. The fourth-order valence-corrected chi connectivity index (χ4v) is 4.35. The Morgan fingerprint density at radius 3 is 2.71 bits per heavy atom. The molecule has 0 unspecified atom stereocenters.